The van der Waals surface area contributed by atoms with E-state index in [0.717, 1.165) is 27.8 Å². The summed E-state index contributed by atoms with van der Waals surface area (Å²) >= 11 is 4.72. The quantitative estimate of drug-likeness (QED) is 0.383. The minimum atomic E-state index is -1.28. The lowest BCUT2D eigenvalue weighted by molar-refractivity contribution is -0.255. The van der Waals surface area contributed by atoms with E-state index >= 15 is 0 Å². The topological polar surface area (TPSA) is 98.2 Å². The lowest BCUT2D eigenvalue weighted by Gasteiger charge is -2.29. The molecule has 31 heavy (non-hydrogen) atoms. The van der Waals surface area contributed by atoms with Gasteiger partial charge < -0.3 is 14.8 Å². The molecule has 0 aliphatic carbocycles. The van der Waals surface area contributed by atoms with Crippen LogP contribution in [-0.4, -0.2) is 28.4 Å². The van der Waals surface area contributed by atoms with Gasteiger partial charge in [0.2, 0.25) is 0 Å². The first kappa shape index (κ1) is 20.3. The molecule has 2 aromatic carbocycles. The minimum Gasteiger partial charge on any atom is -0.543 e. The normalized spacial score (nSPS) is 13.3. The Morgan fingerprint density at radius 1 is 1.10 bits per heavy atom. The van der Waals surface area contributed by atoms with Crippen LogP contribution in [0, 0.1) is 2.88 Å². The third-order valence-corrected chi connectivity index (χ3v) is 8.10. The maximum Gasteiger partial charge on any atom is 0.257 e. The van der Waals surface area contributed by atoms with Crippen LogP contribution in [0.5, 0.6) is 0 Å². The molecule has 2 aromatic heterocycles. The molecule has 0 saturated carbocycles. The molecule has 1 N–H and O–H groups in total. The van der Waals surface area contributed by atoms with Crippen molar-refractivity contribution in [3.63, 3.8) is 0 Å². The van der Waals surface area contributed by atoms with E-state index in [9.17, 15) is 14.7 Å². The van der Waals surface area contributed by atoms with E-state index in [0.29, 0.717) is 31.8 Å². The summed E-state index contributed by atoms with van der Waals surface area (Å²) in [6, 6.07) is 13.5. The number of hydrogen-bond acceptors (Lipinski definition) is 8. The van der Waals surface area contributed by atoms with Crippen molar-refractivity contribution in [2.75, 3.05) is 16.8 Å². The van der Waals surface area contributed by atoms with E-state index in [2.05, 4.69) is 15.3 Å². The summed E-state index contributed by atoms with van der Waals surface area (Å²) < 4.78 is 1.60. The zero-order chi connectivity index (χ0) is 21.5. The third-order valence-electron chi connectivity index (χ3n) is 5.07. The second-order valence-electron chi connectivity index (χ2n) is 6.96. The van der Waals surface area contributed by atoms with Crippen molar-refractivity contribution in [2.45, 2.75) is 13.0 Å². The molecule has 7 nitrogen and oxygen atoms in total. The van der Waals surface area contributed by atoms with Gasteiger partial charge in [0.1, 0.15) is 5.69 Å². The fourth-order valence-electron chi connectivity index (χ4n) is 3.60. The summed E-state index contributed by atoms with van der Waals surface area (Å²) in [6.07, 6.45) is 0.744. The Kier molecular flexibility index (Phi) is 5.36. The van der Waals surface area contributed by atoms with Crippen LogP contribution in [0.1, 0.15) is 32.0 Å². The maximum atomic E-state index is 13.1. The van der Waals surface area contributed by atoms with Crippen LogP contribution < -0.4 is 15.3 Å². The molecule has 0 fully saturated rings. The van der Waals surface area contributed by atoms with Crippen LogP contribution in [0.15, 0.2) is 42.5 Å². The summed E-state index contributed by atoms with van der Waals surface area (Å²) in [5, 5.41) is 15.4. The van der Waals surface area contributed by atoms with Crippen molar-refractivity contribution in [1.29, 1.82) is 0 Å². The predicted octanol–water partition coefficient (Wildman–Crippen LogP) is 3.54. The molecule has 10 heteroatoms. The number of nitrogens with one attached hydrogen (secondary N) is 1. The Morgan fingerprint density at radius 3 is 2.71 bits per heavy atom. The van der Waals surface area contributed by atoms with Crippen molar-refractivity contribution < 1.29 is 14.7 Å². The van der Waals surface area contributed by atoms with E-state index in [1.54, 1.807) is 0 Å². The molecular weight excluding hydrogens is 547 g/mol. The van der Waals surface area contributed by atoms with Gasteiger partial charge in [-0.1, -0.05) is 46.9 Å². The molecule has 1 amide bonds. The SMILES string of the molecule is O=C(Nc1nc2ccccc2s1)c1cccc2c1CN(c1nc(C(=O)[O-])c(I)s1)CC2. The van der Waals surface area contributed by atoms with Crippen LogP contribution in [0.2, 0.25) is 0 Å². The van der Waals surface area contributed by atoms with Crippen LogP contribution in [0.4, 0.5) is 10.3 Å². The predicted molar refractivity (Wildman–Crippen MR) is 128 cm³/mol. The average molecular weight is 561 g/mol. The number of thiazole rings is 2. The third kappa shape index (κ3) is 3.90. The summed E-state index contributed by atoms with van der Waals surface area (Å²) in [5.74, 6) is -1.48. The Bertz CT molecular complexity index is 1300. The molecule has 0 unspecified atom stereocenters. The van der Waals surface area contributed by atoms with Gasteiger partial charge >= 0.3 is 0 Å². The molecule has 4 aromatic rings. The number of carbonyl (C=O) groups is 2. The number of amides is 1. The highest BCUT2D eigenvalue weighted by Crippen LogP contribution is 2.33. The van der Waals surface area contributed by atoms with Gasteiger partial charge in [0.15, 0.2) is 10.3 Å². The van der Waals surface area contributed by atoms with Crippen molar-refractivity contribution in [2.24, 2.45) is 0 Å². The number of nitrogens with zero attached hydrogens (tertiary/aromatic N) is 3. The second-order valence-corrected chi connectivity index (χ2v) is 10.8. The summed E-state index contributed by atoms with van der Waals surface area (Å²) in [4.78, 5) is 35.1. The Labute approximate surface area is 198 Å². The lowest BCUT2D eigenvalue weighted by Crippen LogP contribution is -2.32. The average Bonchev–Trinajstić information content (AvgIpc) is 3.35. The van der Waals surface area contributed by atoms with Gasteiger partial charge in [-0.05, 0) is 58.3 Å². The smallest absolute Gasteiger partial charge is 0.257 e. The molecular formula is C21H14IN4O3S2-. The Balaban J connectivity index is 1.42. The Hall–Kier alpha value is -2.57. The monoisotopic (exact) mass is 561 g/mol. The number of rotatable bonds is 4. The van der Waals surface area contributed by atoms with Gasteiger partial charge in [-0.25, -0.2) is 9.97 Å². The molecule has 0 bridgehead atoms. The molecule has 0 spiro atoms. The van der Waals surface area contributed by atoms with Crippen molar-refractivity contribution in [3.05, 3.63) is 67.7 Å². The highest BCUT2D eigenvalue weighted by atomic mass is 127. The summed E-state index contributed by atoms with van der Waals surface area (Å²) in [5.41, 5.74) is 3.44. The number of fused-ring (bicyclic) bond motifs is 2. The fourth-order valence-corrected chi connectivity index (χ4v) is 6.20. The number of aromatic nitrogens is 2. The van der Waals surface area contributed by atoms with Gasteiger partial charge in [0.25, 0.3) is 5.91 Å². The van der Waals surface area contributed by atoms with Crippen LogP contribution in [-0.2, 0) is 13.0 Å². The first-order valence-electron chi connectivity index (χ1n) is 9.40. The number of carboxylic acid groups (broad SMARTS) is 1. The first-order chi connectivity index (χ1) is 15.0. The molecule has 1 aliphatic rings. The molecule has 0 atom stereocenters. The standard InChI is InChI=1S/C21H15IN4O3S2/c22-17-16(19(28)29)24-21(31-17)26-9-8-11-4-3-5-12(13(11)10-26)18(27)25-20-23-14-6-1-2-7-15(14)30-20/h1-7H,8-10H2,(H,28,29)(H,23,25,27)/p-1. The summed E-state index contributed by atoms with van der Waals surface area (Å²) in [6.45, 7) is 1.18. The largest absolute Gasteiger partial charge is 0.543 e. The van der Waals surface area contributed by atoms with Crippen LogP contribution in [0.3, 0.4) is 0 Å². The van der Waals surface area contributed by atoms with E-state index in [4.69, 9.17) is 0 Å². The molecule has 5 rings (SSSR count). The number of halogens is 1. The zero-order valence-corrected chi connectivity index (χ0v) is 19.7. The highest BCUT2D eigenvalue weighted by Gasteiger charge is 2.25. The van der Waals surface area contributed by atoms with E-state index in [-0.39, 0.29) is 11.6 Å². The number of carbonyl (C=O) groups excluding carboxylic acids is 2. The fraction of sp³-hybridized carbons (Fsp3) is 0.143. The van der Waals surface area contributed by atoms with Gasteiger partial charge in [0.05, 0.1) is 19.1 Å². The summed E-state index contributed by atoms with van der Waals surface area (Å²) in [7, 11) is 0. The second kappa shape index (κ2) is 8.17. The minimum absolute atomic E-state index is 0.0340. The van der Waals surface area contributed by atoms with Crippen molar-refractivity contribution >= 4 is 77.6 Å². The molecule has 1 aliphatic heterocycles. The molecule has 0 saturated heterocycles. The highest BCUT2D eigenvalue weighted by molar-refractivity contribution is 14.1. The van der Waals surface area contributed by atoms with Gasteiger partial charge in [-0.3, -0.25) is 10.1 Å². The van der Waals surface area contributed by atoms with Crippen molar-refractivity contribution in [3.8, 4) is 0 Å². The van der Waals surface area contributed by atoms with E-state index in [1.807, 2.05) is 70.0 Å². The zero-order valence-electron chi connectivity index (χ0n) is 15.9. The first-order valence-corrected chi connectivity index (χ1v) is 12.1. The van der Waals surface area contributed by atoms with Gasteiger partial charge in [0, 0.05) is 18.7 Å². The number of para-hydroxylation sites is 1. The Morgan fingerprint density at radius 2 is 1.94 bits per heavy atom. The van der Waals surface area contributed by atoms with E-state index < -0.39 is 5.97 Å². The molecule has 156 valence electrons. The molecule has 3 heterocycles. The lowest BCUT2D eigenvalue weighted by atomic mass is 9.94. The van der Waals surface area contributed by atoms with E-state index in [1.165, 1.54) is 22.7 Å². The van der Waals surface area contributed by atoms with Gasteiger partial charge in [-0.15, -0.1) is 0 Å². The number of hydrogen-bond donors (Lipinski definition) is 1. The maximum absolute atomic E-state index is 13.1. The van der Waals surface area contributed by atoms with Gasteiger partial charge in [-0.2, -0.15) is 0 Å². The number of benzene rings is 2. The number of anilines is 2. The van der Waals surface area contributed by atoms with Crippen LogP contribution >= 0.6 is 45.3 Å². The number of carboxylic acids is 1. The van der Waals surface area contributed by atoms with Crippen LogP contribution in [0.25, 0.3) is 10.2 Å². The number of aromatic carboxylic acids is 1. The molecule has 0 radical (unpaired) electrons. The van der Waals surface area contributed by atoms with Crippen molar-refractivity contribution in [1.82, 2.24) is 9.97 Å².